The van der Waals surface area contributed by atoms with E-state index in [1.807, 2.05) is 48.5 Å². The van der Waals surface area contributed by atoms with Gasteiger partial charge in [0.05, 0.1) is 20.8 Å². The van der Waals surface area contributed by atoms with Crippen LogP contribution in [0, 0.1) is 0 Å². The van der Waals surface area contributed by atoms with Gasteiger partial charge in [-0.15, -0.1) is 0 Å². The zero-order valence-corrected chi connectivity index (χ0v) is 13.1. The van der Waals surface area contributed by atoms with Crippen LogP contribution in [0.5, 0.6) is 17.2 Å². The average molecular weight is 298 g/mol. The van der Waals surface area contributed by atoms with Crippen molar-refractivity contribution in [2.45, 2.75) is 12.8 Å². The van der Waals surface area contributed by atoms with Crippen molar-refractivity contribution in [1.29, 1.82) is 0 Å². The number of hydrogen-bond acceptors (Lipinski definition) is 3. The van der Waals surface area contributed by atoms with Gasteiger partial charge in [0.1, 0.15) is 17.2 Å². The maximum atomic E-state index is 5.66. The molecule has 3 heteroatoms. The van der Waals surface area contributed by atoms with Crippen molar-refractivity contribution in [3.8, 4) is 17.2 Å². The van der Waals surface area contributed by atoms with E-state index in [0.717, 1.165) is 42.3 Å². The normalized spacial score (nSPS) is 10.6. The van der Waals surface area contributed by atoms with Crippen LogP contribution < -0.4 is 14.2 Å². The topological polar surface area (TPSA) is 27.7 Å². The van der Waals surface area contributed by atoms with Gasteiger partial charge < -0.3 is 14.2 Å². The molecule has 0 aliphatic rings. The van der Waals surface area contributed by atoms with Gasteiger partial charge in [0.15, 0.2) is 0 Å². The molecule has 0 saturated carbocycles. The molecular formula is C19H22O3. The van der Waals surface area contributed by atoms with Crippen LogP contribution in [0.25, 0.3) is 6.08 Å². The Kier molecular flexibility index (Phi) is 6.37. The smallest absolute Gasteiger partial charge is 0.123 e. The van der Waals surface area contributed by atoms with E-state index in [2.05, 4.69) is 12.2 Å². The number of para-hydroxylation sites is 1. The van der Waals surface area contributed by atoms with E-state index < -0.39 is 0 Å². The molecule has 0 aromatic heterocycles. The van der Waals surface area contributed by atoms with Crippen LogP contribution in [-0.2, 0) is 0 Å². The van der Waals surface area contributed by atoms with Crippen LogP contribution in [0.3, 0.4) is 0 Å². The van der Waals surface area contributed by atoms with Gasteiger partial charge in [-0.05, 0) is 42.7 Å². The molecule has 3 nitrogen and oxygen atoms in total. The second kappa shape index (κ2) is 8.78. The number of ether oxygens (including phenoxy) is 3. The number of allylic oxidation sites excluding steroid dienone is 1. The summed E-state index contributed by atoms with van der Waals surface area (Å²) >= 11 is 0. The fourth-order valence-corrected chi connectivity index (χ4v) is 2.05. The van der Waals surface area contributed by atoms with Crippen LogP contribution in [0.4, 0.5) is 0 Å². The molecule has 0 unspecified atom stereocenters. The van der Waals surface area contributed by atoms with Gasteiger partial charge in [-0.2, -0.15) is 0 Å². The fourth-order valence-electron chi connectivity index (χ4n) is 2.05. The Hall–Kier alpha value is -2.42. The Morgan fingerprint density at radius 1 is 0.864 bits per heavy atom. The molecule has 0 atom stereocenters. The molecule has 0 aliphatic heterocycles. The number of benzene rings is 2. The van der Waals surface area contributed by atoms with Crippen LogP contribution >= 0.6 is 0 Å². The summed E-state index contributed by atoms with van der Waals surface area (Å²) in [5.74, 6) is 2.52. The summed E-state index contributed by atoms with van der Waals surface area (Å²) in [6.07, 6.45) is 6.16. The molecule has 116 valence electrons. The highest BCUT2D eigenvalue weighted by Crippen LogP contribution is 2.23. The van der Waals surface area contributed by atoms with Crippen molar-refractivity contribution < 1.29 is 14.2 Å². The van der Waals surface area contributed by atoms with E-state index in [0.29, 0.717) is 0 Å². The summed E-state index contributed by atoms with van der Waals surface area (Å²) in [7, 11) is 3.31. The molecule has 0 N–H and O–H groups in total. The Morgan fingerprint density at radius 3 is 2.18 bits per heavy atom. The first kappa shape index (κ1) is 16.0. The zero-order chi connectivity index (χ0) is 15.6. The van der Waals surface area contributed by atoms with Gasteiger partial charge in [0.2, 0.25) is 0 Å². The Morgan fingerprint density at radius 2 is 1.55 bits per heavy atom. The summed E-state index contributed by atoms with van der Waals surface area (Å²) in [6, 6.07) is 15.7. The number of rotatable bonds is 8. The van der Waals surface area contributed by atoms with Gasteiger partial charge in [-0.1, -0.05) is 30.4 Å². The van der Waals surface area contributed by atoms with E-state index in [9.17, 15) is 0 Å². The van der Waals surface area contributed by atoms with Crippen LogP contribution in [-0.4, -0.2) is 20.8 Å². The van der Waals surface area contributed by atoms with Gasteiger partial charge in [0, 0.05) is 6.07 Å². The van der Waals surface area contributed by atoms with E-state index in [-0.39, 0.29) is 0 Å². The zero-order valence-electron chi connectivity index (χ0n) is 13.1. The third kappa shape index (κ3) is 5.17. The van der Waals surface area contributed by atoms with Gasteiger partial charge in [-0.25, -0.2) is 0 Å². The molecule has 0 aliphatic carbocycles. The molecule has 0 bridgehead atoms. The summed E-state index contributed by atoms with van der Waals surface area (Å²) in [5.41, 5.74) is 1.07. The average Bonchev–Trinajstić information content (AvgIpc) is 2.58. The highest BCUT2D eigenvalue weighted by molar-refractivity contribution is 5.55. The van der Waals surface area contributed by atoms with Gasteiger partial charge in [-0.3, -0.25) is 0 Å². The second-order valence-corrected chi connectivity index (χ2v) is 4.85. The maximum Gasteiger partial charge on any atom is 0.123 e. The fraction of sp³-hybridized carbons (Fsp3) is 0.263. The second-order valence-electron chi connectivity index (χ2n) is 4.85. The van der Waals surface area contributed by atoms with Crippen LogP contribution in [0.2, 0.25) is 0 Å². The number of hydrogen-bond donors (Lipinski definition) is 0. The van der Waals surface area contributed by atoms with E-state index in [1.165, 1.54) is 0 Å². The molecule has 2 rings (SSSR count). The van der Waals surface area contributed by atoms with E-state index in [1.54, 1.807) is 14.2 Å². The largest absolute Gasteiger partial charge is 0.497 e. The van der Waals surface area contributed by atoms with Crippen molar-refractivity contribution in [2.75, 3.05) is 20.8 Å². The minimum absolute atomic E-state index is 0.718. The first-order valence-electron chi connectivity index (χ1n) is 7.39. The SMILES string of the molecule is COc1cc(/C=C\CCCOc2ccccc2)cc(OC)c1. The molecule has 2 aromatic carbocycles. The summed E-state index contributed by atoms with van der Waals surface area (Å²) in [6.45, 7) is 0.718. The van der Waals surface area contributed by atoms with Crippen molar-refractivity contribution >= 4 is 6.08 Å². The van der Waals surface area contributed by atoms with Crippen molar-refractivity contribution in [1.82, 2.24) is 0 Å². The Balaban J connectivity index is 1.77. The Labute approximate surface area is 132 Å². The number of methoxy groups -OCH3 is 2. The molecule has 0 heterocycles. The molecule has 0 saturated heterocycles. The van der Waals surface area contributed by atoms with Crippen LogP contribution in [0.15, 0.2) is 54.6 Å². The summed E-state index contributed by atoms with van der Waals surface area (Å²) < 4.78 is 16.2. The first-order chi connectivity index (χ1) is 10.8. The molecular weight excluding hydrogens is 276 g/mol. The van der Waals surface area contributed by atoms with E-state index in [4.69, 9.17) is 14.2 Å². The molecule has 22 heavy (non-hydrogen) atoms. The van der Waals surface area contributed by atoms with Crippen molar-refractivity contribution in [3.05, 3.63) is 60.2 Å². The molecule has 0 radical (unpaired) electrons. The lowest BCUT2D eigenvalue weighted by atomic mass is 10.1. The van der Waals surface area contributed by atoms with Gasteiger partial charge >= 0.3 is 0 Å². The third-order valence-corrected chi connectivity index (χ3v) is 3.21. The molecule has 0 fully saturated rings. The standard InChI is InChI=1S/C19H22O3/c1-20-18-13-16(14-19(15-18)21-2)9-5-4-8-12-22-17-10-6-3-7-11-17/h3,5-7,9-11,13-15H,4,8,12H2,1-2H3/b9-5-. The van der Waals surface area contributed by atoms with Crippen LogP contribution in [0.1, 0.15) is 18.4 Å². The summed E-state index contributed by atoms with van der Waals surface area (Å²) in [4.78, 5) is 0. The molecule has 2 aromatic rings. The molecule has 0 amide bonds. The third-order valence-electron chi connectivity index (χ3n) is 3.21. The van der Waals surface area contributed by atoms with Crippen molar-refractivity contribution in [2.24, 2.45) is 0 Å². The van der Waals surface area contributed by atoms with E-state index >= 15 is 0 Å². The maximum absolute atomic E-state index is 5.66. The quantitative estimate of drug-likeness (QED) is 0.668. The monoisotopic (exact) mass is 298 g/mol. The van der Waals surface area contributed by atoms with Gasteiger partial charge in [0.25, 0.3) is 0 Å². The minimum Gasteiger partial charge on any atom is -0.497 e. The predicted octanol–water partition coefficient (Wildman–Crippen LogP) is 4.58. The lowest BCUT2D eigenvalue weighted by molar-refractivity contribution is 0.312. The minimum atomic E-state index is 0.718. The highest BCUT2D eigenvalue weighted by Gasteiger charge is 1.99. The lowest BCUT2D eigenvalue weighted by Gasteiger charge is -2.06. The highest BCUT2D eigenvalue weighted by atomic mass is 16.5. The van der Waals surface area contributed by atoms with Crippen molar-refractivity contribution in [3.63, 3.8) is 0 Å². The predicted molar refractivity (Wildman–Crippen MR) is 89.8 cm³/mol. The first-order valence-corrected chi connectivity index (χ1v) is 7.39. The molecule has 0 spiro atoms. The lowest BCUT2D eigenvalue weighted by Crippen LogP contribution is -1.95. The summed E-state index contributed by atoms with van der Waals surface area (Å²) in [5, 5.41) is 0. The Bertz CT molecular complexity index is 569. The number of unbranched alkanes of at least 4 members (excludes halogenated alkanes) is 1.